The molecule has 0 unspecified atom stereocenters. The van der Waals surface area contributed by atoms with Gasteiger partial charge in [-0.3, -0.25) is 4.79 Å². The topological polar surface area (TPSA) is 61.0 Å². The number of aromatic nitrogens is 2. The summed E-state index contributed by atoms with van der Waals surface area (Å²) in [6, 6.07) is 16.6. The van der Waals surface area contributed by atoms with Gasteiger partial charge in [-0.1, -0.05) is 36.4 Å². The van der Waals surface area contributed by atoms with Crippen molar-refractivity contribution < 1.29 is 4.79 Å². The van der Waals surface area contributed by atoms with Crippen molar-refractivity contribution >= 4 is 16.9 Å². The van der Waals surface area contributed by atoms with Gasteiger partial charge in [0.05, 0.1) is 28.8 Å². The summed E-state index contributed by atoms with van der Waals surface area (Å²) in [6.45, 7) is 3.13. The first-order chi connectivity index (χ1) is 13.7. The van der Waals surface area contributed by atoms with E-state index < -0.39 is 5.41 Å². The normalized spacial score (nSPS) is 19.6. The number of hydrogen-bond donors (Lipinski definition) is 2. The smallest absolute Gasteiger partial charge is 0.231 e. The standard InChI is InChI=1S/C23H26N4O/c28-22(23(10-11-23)18-8-9-19-20(14-18)25-16-24-19)26-21(15-27-12-4-5-13-27)17-6-2-1-3-7-17/h1-3,6-9,14,16,21H,4-5,10-13,15H2,(H,24,25)(H,26,28)/t21-/m1/s1. The maximum Gasteiger partial charge on any atom is 0.231 e. The molecule has 2 heterocycles. The Hall–Kier alpha value is -2.66. The van der Waals surface area contributed by atoms with Crippen LogP contribution in [0.3, 0.4) is 0 Å². The molecule has 2 fully saturated rings. The van der Waals surface area contributed by atoms with E-state index in [1.807, 2.05) is 12.1 Å². The number of H-pyrrole nitrogens is 1. The van der Waals surface area contributed by atoms with E-state index in [4.69, 9.17) is 0 Å². The Morgan fingerprint density at radius 3 is 2.68 bits per heavy atom. The van der Waals surface area contributed by atoms with Crippen LogP contribution in [0.4, 0.5) is 0 Å². The van der Waals surface area contributed by atoms with Gasteiger partial charge >= 0.3 is 0 Å². The van der Waals surface area contributed by atoms with Gasteiger partial charge in [0.25, 0.3) is 0 Å². The molecule has 1 atom stereocenters. The number of likely N-dealkylation sites (tertiary alicyclic amines) is 1. The van der Waals surface area contributed by atoms with Gasteiger partial charge in [-0.25, -0.2) is 4.98 Å². The van der Waals surface area contributed by atoms with Gasteiger partial charge in [-0.2, -0.15) is 0 Å². The number of carbonyl (C=O) groups excluding carboxylic acids is 1. The number of fused-ring (bicyclic) bond motifs is 1. The fourth-order valence-electron chi connectivity index (χ4n) is 4.44. The van der Waals surface area contributed by atoms with Crippen LogP contribution in [0, 0.1) is 0 Å². The van der Waals surface area contributed by atoms with E-state index in [1.165, 1.54) is 18.4 Å². The molecule has 5 heteroatoms. The molecule has 1 saturated heterocycles. The highest BCUT2D eigenvalue weighted by molar-refractivity contribution is 5.92. The van der Waals surface area contributed by atoms with Gasteiger partial charge in [0, 0.05) is 6.54 Å². The van der Waals surface area contributed by atoms with Gasteiger partial charge in [0.15, 0.2) is 0 Å². The minimum atomic E-state index is -0.398. The van der Waals surface area contributed by atoms with Crippen LogP contribution in [-0.2, 0) is 10.2 Å². The van der Waals surface area contributed by atoms with Crippen LogP contribution >= 0.6 is 0 Å². The second-order valence-corrected chi connectivity index (χ2v) is 8.16. The van der Waals surface area contributed by atoms with Gasteiger partial charge in [-0.05, 0) is 62.0 Å². The Labute approximate surface area is 165 Å². The molecule has 5 rings (SSSR count). The maximum absolute atomic E-state index is 13.4. The van der Waals surface area contributed by atoms with Crippen molar-refractivity contribution in [2.24, 2.45) is 0 Å². The highest BCUT2D eigenvalue weighted by Gasteiger charge is 2.51. The molecule has 0 spiro atoms. The summed E-state index contributed by atoms with van der Waals surface area (Å²) >= 11 is 0. The lowest BCUT2D eigenvalue weighted by atomic mass is 9.93. The molecular formula is C23H26N4O. The molecule has 0 bridgehead atoms. The first kappa shape index (κ1) is 17.4. The highest BCUT2D eigenvalue weighted by Crippen LogP contribution is 2.49. The number of imidazole rings is 1. The van der Waals surface area contributed by atoms with Gasteiger partial charge in [0.1, 0.15) is 0 Å². The van der Waals surface area contributed by atoms with Crippen LogP contribution in [0.25, 0.3) is 11.0 Å². The minimum Gasteiger partial charge on any atom is -0.347 e. The Morgan fingerprint density at radius 1 is 1.14 bits per heavy atom. The summed E-state index contributed by atoms with van der Waals surface area (Å²) in [7, 11) is 0. The third kappa shape index (κ3) is 3.20. The van der Waals surface area contributed by atoms with Crippen LogP contribution in [0.5, 0.6) is 0 Å². The van der Waals surface area contributed by atoms with Crippen molar-refractivity contribution in [2.75, 3.05) is 19.6 Å². The van der Waals surface area contributed by atoms with Crippen molar-refractivity contribution in [1.29, 1.82) is 0 Å². The van der Waals surface area contributed by atoms with E-state index in [9.17, 15) is 4.79 Å². The molecule has 144 valence electrons. The Bertz CT molecular complexity index is 970. The Balaban J connectivity index is 1.39. The number of amides is 1. The molecule has 1 saturated carbocycles. The summed E-state index contributed by atoms with van der Waals surface area (Å²) in [5, 5.41) is 3.39. The number of carbonyl (C=O) groups is 1. The first-order valence-corrected chi connectivity index (χ1v) is 10.3. The summed E-state index contributed by atoms with van der Waals surface area (Å²) < 4.78 is 0. The highest BCUT2D eigenvalue weighted by atomic mass is 16.2. The molecule has 2 aliphatic rings. The zero-order valence-electron chi connectivity index (χ0n) is 16.0. The van der Waals surface area contributed by atoms with Crippen molar-refractivity contribution in [2.45, 2.75) is 37.1 Å². The van der Waals surface area contributed by atoms with Crippen molar-refractivity contribution in [1.82, 2.24) is 20.2 Å². The molecule has 2 N–H and O–H groups in total. The first-order valence-electron chi connectivity index (χ1n) is 10.3. The van der Waals surface area contributed by atoms with E-state index >= 15 is 0 Å². The summed E-state index contributed by atoms with van der Waals surface area (Å²) in [5.74, 6) is 0.149. The molecule has 5 nitrogen and oxygen atoms in total. The van der Waals surface area contributed by atoms with Crippen molar-refractivity contribution in [3.63, 3.8) is 0 Å². The second kappa shape index (κ2) is 7.06. The zero-order chi connectivity index (χ0) is 19.0. The number of nitrogens with zero attached hydrogens (tertiary/aromatic N) is 2. The fourth-order valence-corrected chi connectivity index (χ4v) is 4.44. The monoisotopic (exact) mass is 374 g/mol. The van der Waals surface area contributed by atoms with Crippen molar-refractivity contribution in [3.05, 3.63) is 66.0 Å². The molecule has 28 heavy (non-hydrogen) atoms. The molecule has 1 aliphatic carbocycles. The molecule has 1 aromatic heterocycles. The minimum absolute atomic E-state index is 0.0263. The van der Waals surface area contributed by atoms with Gasteiger partial charge in [-0.15, -0.1) is 0 Å². The predicted molar refractivity (Wildman–Crippen MR) is 110 cm³/mol. The van der Waals surface area contributed by atoms with E-state index in [-0.39, 0.29) is 11.9 Å². The number of hydrogen-bond acceptors (Lipinski definition) is 3. The predicted octanol–water partition coefficient (Wildman–Crippen LogP) is 3.55. The fraction of sp³-hybridized carbons (Fsp3) is 0.391. The van der Waals surface area contributed by atoms with E-state index in [0.29, 0.717) is 0 Å². The number of benzene rings is 2. The van der Waals surface area contributed by atoms with Crippen LogP contribution in [0.2, 0.25) is 0 Å². The van der Waals surface area contributed by atoms with Crippen LogP contribution in [0.15, 0.2) is 54.9 Å². The lowest BCUT2D eigenvalue weighted by Crippen LogP contribution is -2.41. The van der Waals surface area contributed by atoms with Crippen LogP contribution < -0.4 is 5.32 Å². The second-order valence-electron chi connectivity index (χ2n) is 8.16. The van der Waals surface area contributed by atoms with E-state index in [1.54, 1.807) is 6.33 Å². The number of aromatic amines is 1. The molecule has 1 amide bonds. The Morgan fingerprint density at radius 2 is 1.93 bits per heavy atom. The molecule has 0 radical (unpaired) electrons. The van der Waals surface area contributed by atoms with E-state index in [0.717, 1.165) is 49.1 Å². The molecule has 2 aromatic carbocycles. The van der Waals surface area contributed by atoms with Crippen LogP contribution in [-0.4, -0.2) is 40.4 Å². The maximum atomic E-state index is 13.4. The Kier molecular flexibility index (Phi) is 4.40. The van der Waals surface area contributed by atoms with E-state index in [2.05, 4.69) is 56.6 Å². The lowest BCUT2D eigenvalue weighted by molar-refractivity contribution is -0.124. The summed E-state index contributed by atoms with van der Waals surface area (Å²) in [4.78, 5) is 23.4. The average Bonchev–Trinajstić information content (AvgIpc) is 3.14. The molecular weight excluding hydrogens is 348 g/mol. The third-order valence-electron chi connectivity index (χ3n) is 6.31. The quantitative estimate of drug-likeness (QED) is 0.694. The lowest BCUT2D eigenvalue weighted by Gasteiger charge is -2.27. The summed E-state index contributed by atoms with van der Waals surface area (Å²) in [5.41, 5.74) is 3.80. The number of rotatable bonds is 6. The molecule has 3 aromatic rings. The summed E-state index contributed by atoms with van der Waals surface area (Å²) in [6.07, 6.45) is 6.02. The SMILES string of the molecule is O=C(N[C@H](CN1CCCC1)c1ccccc1)C1(c2ccc3[nH]cnc3c2)CC1. The zero-order valence-corrected chi connectivity index (χ0v) is 16.0. The van der Waals surface area contributed by atoms with Gasteiger partial charge in [0.2, 0.25) is 5.91 Å². The third-order valence-corrected chi connectivity index (χ3v) is 6.31. The van der Waals surface area contributed by atoms with Gasteiger partial charge < -0.3 is 15.2 Å². The number of nitrogens with one attached hydrogen (secondary N) is 2. The largest absolute Gasteiger partial charge is 0.347 e. The molecule has 1 aliphatic heterocycles. The van der Waals surface area contributed by atoms with Crippen LogP contribution in [0.1, 0.15) is 42.9 Å². The van der Waals surface area contributed by atoms with Crippen molar-refractivity contribution in [3.8, 4) is 0 Å². The average molecular weight is 374 g/mol.